The number of nitrogens with one attached hydrogen (secondary N) is 3. The summed E-state index contributed by atoms with van der Waals surface area (Å²) in [4.78, 5) is 38.3. The van der Waals surface area contributed by atoms with Gasteiger partial charge < -0.3 is 10.3 Å². The Kier molecular flexibility index (Phi) is 3.42. The number of anilines is 1. The van der Waals surface area contributed by atoms with Gasteiger partial charge in [0.05, 0.1) is 0 Å². The third kappa shape index (κ3) is 2.75. The summed E-state index contributed by atoms with van der Waals surface area (Å²) < 4.78 is 0.848. The lowest BCUT2D eigenvalue weighted by Gasteiger charge is -2.03. The second kappa shape index (κ2) is 5.01. The van der Waals surface area contributed by atoms with Crippen LogP contribution in [-0.4, -0.2) is 15.9 Å². The number of halogens is 1. The number of benzene rings is 1. The molecular formula is C11H8BrN3O3. The molecule has 92 valence electrons. The van der Waals surface area contributed by atoms with Gasteiger partial charge in [0.1, 0.15) is 5.69 Å². The van der Waals surface area contributed by atoms with Gasteiger partial charge in [0.25, 0.3) is 11.5 Å². The molecule has 0 bridgehead atoms. The quantitative estimate of drug-likeness (QED) is 0.774. The number of rotatable bonds is 2. The summed E-state index contributed by atoms with van der Waals surface area (Å²) in [6.07, 6.45) is 1.15. The highest BCUT2D eigenvalue weighted by molar-refractivity contribution is 9.10. The monoisotopic (exact) mass is 309 g/mol. The molecule has 0 atom stereocenters. The second-order valence-corrected chi connectivity index (χ2v) is 4.36. The minimum Gasteiger partial charge on any atom is -0.316 e. The second-order valence-electron chi connectivity index (χ2n) is 3.45. The van der Waals surface area contributed by atoms with Gasteiger partial charge in [-0.2, -0.15) is 0 Å². The summed E-state index contributed by atoms with van der Waals surface area (Å²) in [5, 5.41) is 2.41. The van der Waals surface area contributed by atoms with E-state index in [1.54, 1.807) is 24.3 Å². The van der Waals surface area contributed by atoms with E-state index in [4.69, 9.17) is 0 Å². The van der Waals surface area contributed by atoms with Crippen LogP contribution in [0.5, 0.6) is 0 Å². The molecule has 0 aliphatic rings. The summed E-state index contributed by atoms with van der Waals surface area (Å²) >= 11 is 3.25. The fourth-order valence-electron chi connectivity index (χ4n) is 1.30. The van der Waals surface area contributed by atoms with E-state index >= 15 is 0 Å². The fourth-order valence-corrected chi connectivity index (χ4v) is 1.56. The molecule has 1 aromatic heterocycles. The van der Waals surface area contributed by atoms with Gasteiger partial charge in [-0.25, -0.2) is 4.79 Å². The van der Waals surface area contributed by atoms with Crippen LogP contribution in [0, 0.1) is 0 Å². The molecule has 0 saturated heterocycles. The maximum Gasteiger partial charge on any atom is 0.325 e. The molecule has 1 heterocycles. The fraction of sp³-hybridized carbons (Fsp3) is 0. The Bertz CT molecular complexity index is 688. The van der Waals surface area contributed by atoms with Gasteiger partial charge in [-0.05, 0) is 24.3 Å². The van der Waals surface area contributed by atoms with E-state index in [0.717, 1.165) is 10.7 Å². The molecule has 0 fully saturated rings. The van der Waals surface area contributed by atoms with Crippen molar-refractivity contribution < 1.29 is 4.79 Å². The van der Waals surface area contributed by atoms with Crippen molar-refractivity contribution in [3.63, 3.8) is 0 Å². The molecule has 1 aromatic carbocycles. The zero-order chi connectivity index (χ0) is 13.1. The van der Waals surface area contributed by atoms with E-state index in [1.165, 1.54) is 0 Å². The smallest absolute Gasteiger partial charge is 0.316 e. The minimum absolute atomic E-state index is 0.0116. The first-order valence-electron chi connectivity index (χ1n) is 4.95. The zero-order valence-corrected chi connectivity index (χ0v) is 10.6. The molecule has 0 spiro atoms. The molecule has 6 nitrogen and oxygen atoms in total. The van der Waals surface area contributed by atoms with Crippen molar-refractivity contribution >= 4 is 27.5 Å². The maximum atomic E-state index is 11.8. The van der Waals surface area contributed by atoms with Crippen molar-refractivity contribution in [3.05, 3.63) is 61.3 Å². The number of carbonyl (C=O) groups excluding carboxylic acids is 1. The number of aromatic amines is 2. The van der Waals surface area contributed by atoms with Gasteiger partial charge in [-0.3, -0.25) is 14.6 Å². The topological polar surface area (TPSA) is 94.8 Å². The lowest BCUT2D eigenvalue weighted by molar-refractivity contribution is 0.102. The average molecular weight is 310 g/mol. The van der Waals surface area contributed by atoms with Gasteiger partial charge in [0.2, 0.25) is 0 Å². The maximum absolute atomic E-state index is 11.8. The predicted octanol–water partition coefficient (Wildman–Crippen LogP) is 1.08. The van der Waals surface area contributed by atoms with Gasteiger partial charge in [0.15, 0.2) is 0 Å². The van der Waals surface area contributed by atoms with E-state index in [1.807, 2.05) is 4.98 Å². The van der Waals surface area contributed by atoms with Crippen LogP contribution in [0.25, 0.3) is 0 Å². The van der Waals surface area contributed by atoms with Crippen LogP contribution in [0.15, 0.2) is 44.5 Å². The Morgan fingerprint density at radius 3 is 2.44 bits per heavy atom. The predicted molar refractivity (Wildman–Crippen MR) is 69.8 cm³/mol. The first kappa shape index (κ1) is 12.3. The normalized spacial score (nSPS) is 10.1. The molecule has 7 heteroatoms. The first-order valence-corrected chi connectivity index (χ1v) is 5.74. The number of hydrogen-bond acceptors (Lipinski definition) is 3. The molecular weight excluding hydrogens is 302 g/mol. The van der Waals surface area contributed by atoms with Crippen molar-refractivity contribution in [1.82, 2.24) is 9.97 Å². The van der Waals surface area contributed by atoms with Crippen molar-refractivity contribution in [1.29, 1.82) is 0 Å². The number of hydrogen-bond donors (Lipinski definition) is 3. The Labute approximate surface area is 109 Å². The lowest BCUT2D eigenvalue weighted by atomic mass is 10.2. The molecule has 1 amide bonds. The third-order valence-corrected chi connectivity index (χ3v) is 2.70. The van der Waals surface area contributed by atoms with Gasteiger partial charge in [0, 0.05) is 16.2 Å². The molecule has 18 heavy (non-hydrogen) atoms. The van der Waals surface area contributed by atoms with Crippen LogP contribution < -0.4 is 16.6 Å². The number of H-pyrrole nitrogens is 2. The first-order chi connectivity index (χ1) is 8.56. The van der Waals surface area contributed by atoms with Gasteiger partial charge in [-0.15, -0.1) is 0 Å². The van der Waals surface area contributed by atoms with E-state index in [-0.39, 0.29) is 5.69 Å². The summed E-state index contributed by atoms with van der Waals surface area (Å²) in [7, 11) is 0. The van der Waals surface area contributed by atoms with Crippen LogP contribution >= 0.6 is 15.9 Å². The van der Waals surface area contributed by atoms with Crippen molar-refractivity contribution in [3.8, 4) is 0 Å². The minimum atomic E-state index is -0.649. The number of carbonyl (C=O) groups is 1. The van der Waals surface area contributed by atoms with E-state index in [9.17, 15) is 14.4 Å². The van der Waals surface area contributed by atoms with Crippen molar-refractivity contribution in [2.45, 2.75) is 0 Å². The Balaban J connectivity index is 2.24. The van der Waals surface area contributed by atoms with E-state index < -0.39 is 17.2 Å². The van der Waals surface area contributed by atoms with E-state index in [0.29, 0.717) is 5.56 Å². The molecule has 2 aromatic rings. The van der Waals surface area contributed by atoms with Crippen LogP contribution in [0.3, 0.4) is 0 Å². The largest absolute Gasteiger partial charge is 0.325 e. The highest BCUT2D eigenvalue weighted by Crippen LogP contribution is 2.11. The number of amides is 1. The lowest BCUT2D eigenvalue weighted by Crippen LogP contribution is -2.26. The molecule has 0 radical (unpaired) electrons. The van der Waals surface area contributed by atoms with Crippen molar-refractivity contribution in [2.24, 2.45) is 0 Å². The average Bonchev–Trinajstić information content (AvgIpc) is 2.33. The summed E-state index contributed by atoms with van der Waals surface area (Å²) in [6, 6.07) is 6.65. The zero-order valence-electron chi connectivity index (χ0n) is 8.99. The molecule has 3 N–H and O–H groups in total. The van der Waals surface area contributed by atoms with Crippen LogP contribution in [0.2, 0.25) is 0 Å². The third-order valence-electron chi connectivity index (χ3n) is 2.17. The van der Waals surface area contributed by atoms with Crippen LogP contribution in [0.1, 0.15) is 10.4 Å². The molecule has 2 rings (SSSR count). The molecule has 0 aliphatic heterocycles. The van der Waals surface area contributed by atoms with Gasteiger partial charge in [-0.1, -0.05) is 15.9 Å². The van der Waals surface area contributed by atoms with Crippen molar-refractivity contribution in [2.75, 3.05) is 5.32 Å². The Hall–Kier alpha value is -2.15. The highest BCUT2D eigenvalue weighted by Gasteiger charge is 2.08. The van der Waals surface area contributed by atoms with Crippen LogP contribution in [-0.2, 0) is 0 Å². The Morgan fingerprint density at radius 1 is 1.17 bits per heavy atom. The molecule has 0 aliphatic carbocycles. The summed E-state index contributed by atoms with van der Waals surface area (Å²) in [5.41, 5.74) is -0.878. The van der Waals surface area contributed by atoms with Gasteiger partial charge >= 0.3 is 5.69 Å². The standard InChI is InChI=1S/C11H8BrN3O3/c12-7-3-1-6(2-4-7)9(16)14-8-5-13-11(18)15-10(8)17/h1-5H,(H,14,16)(H2,13,15,17,18). The molecule has 0 saturated carbocycles. The van der Waals surface area contributed by atoms with Crippen LogP contribution in [0.4, 0.5) is 5.69 Å². The highest BCUT2D eigenvalue weighted by atomic mass is 79.9. The Morgan fingerprint density at radius 2 is 1.83 bits per heavy atom. The molecule has 0 unspecified atom stereocenters. The SMILES string of the molecule is O=C(Nc1c[nH]c(=O)[nH]c1=O)c1ccc(Br)cc1. The summed E-state index contributed by atoms with van der Waals surface area (Å²) in [6.45, 7) is 0. The summed E-state index contributed by atoms with van der Waals surface area (Å²) in [5.74, 6) is -0.431. The van der Waals surface area contributed by atoms with E-state index in [2.05, 4.69) is 26.2 Å². The number of aromatic nitrogens is 2.